The number of nitrogens with one attached hydrogen (secondary N) is 1. The highest BCUT2D eigenvalue weighted by atomic mass is 16.1. The van der Waals surface area contributed by atoms with Crippen LogP contribution < -0.4 is 5.32 Å². The number of nitrogens with zero attached hydrogens (tertiary/aromatic N) is 3. The molecule has 5 heteroatoms. The monoisotopic (exact) mass is 312 g/mol. The van der Waals surface area contributed by atoms with E-state index in [9.17, 15) is 4.79 Å². The summed E-state index contributed by atoms with van der Waals surface area (Å²) in [5, 5.41) is 4.07. The van der Waals surface area contributed by atoms with Crippen molar-refractivity contribution in [1.82, 2.24) is 20.1 Å². The molecule has 1 N–H and O–H groups in total. The second-order valence-corrected chi connectivity index (χ2v) is 6.29. The molecule has 1 fully saturated rings. The van der Waals surface area contributed by atoms with Crippen molar-refractivity contribution in [2.75, 3.05) is 39.8 Å². The van der Waals surface area contributed by atoms with Gasteiger partial charge in [0.25, 0.3) is 5.91 Å². The van der Waals surface area contributed by atoms with Crippen LogP contribution in [0.3, 0.4) is 0 Å². The molecule has 0 saturated carbocycles. The molecule has 0 bridgehead atoms. The van der Waals surface area contributed by atoms with Crippen molar-refractivity contribution in [3.05, 3.63) is 42.1 Å². The molecular formula is C18H24N4O. The molecule has 1 aliphatic rings. The molecule has 1 aromatic heterocycles. The molecule has 23 heavy (non-hydrogen) atoms. The lowest BCUT2D eigenvalue weighted by Crippen LogP contribution is -2.51. The number of carbonyl (C=O) groups is 1. The zero-order valence-corrected chi connectivity index (χ0v) is 13.8. The average Bonchev–Trinajstić information content (AvgIpc) is 2.59. The smallest absolute Gasteiger partial charge is 0.269 e. The number of piperazine rings is 1. The van der Waals surface area contributed by atoms with Gasteiger partial charge in [-0.05, 0) is 26.1 Å². The SMILES string of the molecule is CC(CNC(=O)c1ccc2ccccc2n1)N1CCN(C)CC1. The Balaban J connectivity index is 1.57. The Morgan fingerprint density at radius 3 is 2.70 bits per heavy atom. The maximum Gasteiger partial charge on any atom is 0.269 e. The summed E-state index contributed by atoms with van der Waals surface area (Å²) >= 11 is 0. The minimum atomic E-state index is -0.100. The Bertz CT molecular complexity index is 680. The number of hydrogen-bond acceptors (Lipinski definition) is 4. The number of para-hydroxylation sites is 1. The number of hydrogen-bond donors (Lipinski definition) is 1. The summed E-state index contributed by atoms with van der Waals surface area (Å²) in [4.78, 5) is 21.5. The van der Waals surface area contributed by atoms with E-state index >= 15 is 0 Å². The molecule has 2 heterocycles. The third-order valence-electron chi connectivity index (χ3n) is 4.55. The first kappa shape index (κ1) is 15.9. The second kappa shape index (κ2) is 7.06. The van der Waals surface area contributed by atoms with Crippen LogP contribution in [0, 0.1) is 0 Å². The molecule has 1 amide bonds. The van der Waals surface area contributed by atoms with E-state index in [-0.39, 0.29) is 5.91 Å². The van der Waals surface area contributed by atoms with Gasteiger partial charge in [0.05, 0.1) is 5.52 Å². The molecule has 3 rings (SSSR count). The third-order valence-corrected chi connectivity index (χ3v) is 4.55. The summed E-state index contributed by atoms with van der Waals surface area (Å²) in [5.41, 5.74) is 1.33. The molecule has 1 saturated heterocycles. The Morgan fingerprint density at radius 2 is 1.91 bits per heavy atom. The molecule has 5 nitrogen and oxygen atoms in total. The van der Waals surface area contributed by atoms with E-state index in [1.807, 2.05) is 30.3 Å². The van der Waals surface area contributed by atoms with E-state index in [4.69, 9.17) is 0 Å². The Morgan fingerprint density at radius 1 is 1.17 bits per heavy atom. The fourth-order valence-electron chi connectivity index (χ4n) is 2.92. The molecule has 1 aliphatic heterocycles. The van der Waals surface area contributed by atoms with Gasteiger partial charge in [0.1, 0.15) is 5.69 Å². The van der Waals surface area contributed by atoms with Crippen LogP contribution in [0.15, 0.2) is 36.4 Å². The summed E-state index contributed by atoms with van der Waals surface area (Å²) in [6.45, 7) is 7.11. The van der Waals surface area contributed by atoms with Crippen molar-refractivity contribution in [3.63, 3.8) is 0 Å². The molecule has 2 aromatic rings. The summed E-state index contributed by atoms with van der Waals surface area (Å²) in [5.74, 6) is -0.100. The van der Waals surface area contributed by atoms with Crippen LogP contribution in [0.4, 0.5) is 0 Å². The van der Waals surface area contributed by atoms with Crippen LogP contribution in [0.5, 0.6) is 0 Å². The topological polar surface area (TPSA) is 48.5 Å². The van der Waals surface area contributed by atoms with Crippen LogP contribution in [0.25, 0.3) is 10.9 Å². The van der Waals surface area contributed by atoms with E-state index < -0.39 is 0 Å². The van der Waals surface area contributed by atoms with Crippen molar-refractivity contribution >= 4 is 16.8 Å². The summed E-state index contributed by atoms with van der Waals surface area (Å²) in [7, 11) is 2.15. The van der Waals surface area contributed by atoms with Gasteiger partial charge < -0.3 is 10.2 Å². The van der Waals surface area contributed by atoms with Crippen LogP contribution >= 0.6 is 0 Å². The fourth-order valence-corrected chi connectivity index (χ4v) is 2.92. The lowest BCUT2D eigenvalue weighted by atomic mass is 10.2. The Hall–Kier alpha value is -1.98. The zero-order valence-electron chi connectivity index (χ0n) is 13.8. The van der Waals surface area contributed by atoms with E-state index in [0.29, 0.717) is 18.3 Å². The first-order valence-corrected chi connectivity index (χ1v) is 8.20. The van der Waals surface area contributed by atoms with E-state index in [1.54, 1.807) is 6.07 Å². The summed E-state index contributed by atoms with van der Waals surface area (Å²) in [6.07, 6.45) is 0. The van der Waals surface area contributed by atoms with E-state index in [1.165, 1.54) is 0 Å². The van der Waals surface area contributed by atoms with Crippen LogP contribution in [-0.4, -0.2) is 66.5 Å². The number of benzene rings is 1. The van der Waals surface area contributed by atoms with Crippen LogP contribution in [-0.2, 0) is 0 Å². The van der Waals surface area contributed by atoms with Gasteiger partial charge in [0, 0.05) is 44.2 Å². The van der Waals surface area contributed by atoms with Crippen molar-refractivity contribution in [2.24, 2.45) is 0 Å². The molecule has 0 radical (unpaired) electrons. The standard InChI is InChI=1S/C18H24N4O/c1-14(22-11-9-21(2)10-12-22)13-19-18(23)17-8-7-15-5-3-4-6-16(15)20-17/h3-8,14H,9-13H2,1-2H3,(H,19,23). The molecule has 1 unspecified atom stereocenters. The molecule has 122 valence electrons. The van der Waals surface area contributed by atoms with Crippen molar-refractivity contribution in [1.29, 1.82) is 0 Å². The first-order valence-electron chi connectivity index (χ1n) is 8.20. The molecule has 1 aromatic carbocycles. The number of fused-ring (bicyclic) bond motifs is 1. The fraction of sp³-hybridized carbons (Fsp3) is 0.444. The molecule has 0 aliphatic carbocycles. The minimum Gasteiger partial charge on any atom is -0.349 e. The van der Waals surface area contributed by atoms with Gasteiger partial charge in [-0.15, -0.1) is 0 Å². The minimum absolute atomic E-state index is 0.100. The van der Waals surface area contributed by atoms with Crippen LogP contribution in [0.1, 0.15) is 17.4 Å². The largest absolute Gasteiger partial charge is 0.349 e. The van der Waals surface area contributed by atoms with Gasteiger partial charge in [-0.1, -0.05) is 24.3 Å². The van der Waals surface area contributed by atoms with Gasteiger partial charge in [0.2, 0.25) is 0 Å². The predicted molar refractivity (Wildman–Crippen MR) is 92.6 cm³/mol. The molecular weight excluding hydrogens is 288 g/mol. The van der Waals surface area contributed by atoms with Crippen LogP contribution in [0.2, 0.25) is 0 Å². The number of aromatic nitrogens is 1. The summed E-state index contributed by atoms with van der Waals surface area (Å²) < 4.78 is 0. The Kier molecular flexibility index (Phi) is 4.88. The highest BCUT2D eigenvalue weighted by Crippen LogP contribution is 2.12. The third kappa shape index (κ3) is 3.86. The molecule has 0 spiro atoms. The van der Waals surface area contributed by atoms with Gasteiger partial charge in [-0.2, -0.15) is 0 Å². The number of amides is 1. The maximum atomic E-state index is 12.3. The van der Waals surface area contributed by atoms with Gasteiger partial charge in [0.15, 0.2) is 0 Å². The van der Waals surface area contributed by atoms with Gasteiger partial charge in [-0.25, -0.2) is 4.98 Å². The summed E-state index contributed by atoms with van der Waals surface area (Å²) in [6, 6.07) is 11.9. The van der Waals surface area contributed by atoms with Gasteiger partial charge >= 0.3 is 0 Å². The average molecular weight is 312 g/mol. The number of pyridine rings is 1. The van der Waals surface area contributed by atoms with Crippen molar-refractivity contribution in [2.45, 2.75) is 13.0 Å². The lowest BCUT2D eigenvalue weighted by Gasteiger charge is -2.36. The predicted octanol–water partition coefficient (Wildman–Crippen LogP) is 1.60. The van der Waals surface area contributed by atoms with Gasteiger partial charge in [-0.3, -0.25) is 9.69 Å². The number of likely N-dealkylation sites (N-methyl/N-ethyl adjacent to an activating group) is 1. The zero-order chi connectivity index (χ0) is 16.2. The van der Waals surface area contributed by atoms with Crippen molar-refractivity contribution in [3.8, 4) is 0 Å². The molecule has 1 atom stereocenters. The van der Waals surface area contributed by atoms with E-state index in [2.05, 4.69) is 34.1 Å². The van der Waals surface area contributed by atoms with Crippen molar-refractivity contribution < 1.29 is 4.79 Å². The Labute approximate surface area is 137 Å². The number of rotatable bonds is 4. The highest BCUT2D eigenvalue weighted by molar-refractivity contribution is 5.94. The lowest BCUT2D eigenvalue weighted by molar-refractivity contribution is 0.0899. The normalized spacial score (nSPS) is 18.0. The quantitative estimate of drug-likeness (QED) is 0.932. The first-order chi connectivity index (χ1) is 11.1. The second-order valence-electron chi connectivity index (χ2n) is 6.29. The highest BCUT2D eigenvalue weighted by Gasteiger charge is 2.19. The maximum absolute atomic E-state index is 12.3. The number of carbonyl (C=O) groups excluding carboxylic acids is 1. The van der Waals surface area contributed by atoms with E-state index in [0.717, 1.165) is 37.1 Å².